The summed E-state index contributed by atoms with van der Waals surface area (Å²) in [4.78, 5) is 2.54. The minimum Gasteiger partial charge on any atom is -0.376 e. The molecule has 0 amide bonds. The smallest absolute Gasteiger partial charge is 0.0823 e. The van der Waals surface area contributed by atoms with Gasteiger partial charge in [0.05, 0.1) is 6.10 Å². The van der Waals surface area contributed by atoms with E-state index in [0.29, 0.717) is 6.10 Å². The summed E-state index contributed by atoms with van der Waals surface area (Å²) in [5.74, 6) is 0. The van der Waals surface area contributed by atoms with Gasteiger partial charge in [0.2, 0.25) is 0 Å². The van der Waals surface area contributed by atoms with Gasteiger partial charge in [0, 0.05) is 26.2 Å². The van der Waals surface area contributed by atoms with Crippen LogP contribution in [-0.4, -0.2) is 50.3 Å². The van der Waals surface area contributed by atoms with Gasteiger partial charge in [-0.1, -0.05) is 0 Å². The Morgan fingerprint density at radius 2 is 2.00 bits per heavy atom. The van der Waals surface area contributed by atoms with Crippen LogP contribution < -0.4 is 5.32 Å². The average molecular weight is 184 g/mol. The summed E-state index contributed by atoms with van der Waals surface area (Å²) in [6.45, 7) is 6.92. The first-order valence-corrected chi connectivity index (χ1v) is 5.50. The predicted molar refractivity (Wildman–Crippen MR) is 52.9 cm³/mol. The highest BCUT2D eigenvalue weighted by atomic mass is 16.5. The van der Waals surface area contributed by atoms with E-state index in [1.807, 2.05) is 0 Å². The third-order valence-corrected chi connectivity index (χ3v) is 2.91. The molecule has 0 aromatic carbocycles. The number of ether oxygens (including phenoxy) is 1. The highest BCUT2D eigenvalue weighted by Gasteiger charge is 2.16. The highest BCUT2D eigenvalue weighted by Crippen LogP contribution is 2.07. The number of hydrogen-bond donors (Lipinski definition) is 1. The lowest BCUT2D eigenvalue weighted by molar-refractivity contribution is 0.0151. The van der Waals surface area contributed by atoms with Gasteiger partial charge in [0.15, 0.2) is 0 Å². The second kappa shape index (κ2) is 4.94. The molecule has 2 fully saturated rings. The van der Waals surface area contributed by atoms with Gasteiger partial charge in [-0.25, -0.2) is 0 Å². The Hall–Kier alpha value is -0.120. The van der Waals surface area contributed by atoms with Crippen molar-refractivity contribution in [3.8, 4) is 0 Å². The molecule has 0 atom stereocenters. The molecule has 0 radical (unpaired) electrons. The van der Waals surface area contributed by atoms with Gasteiger partial charge < -0.3 is 15.0 Å². The third-order valence-electron chi connectivity index (χ3n) is 2.91. The summed E-state index contributed by atoms with van der Waals surface area (Å²) in [7, 11) is 0. The number of rotatable bonds is 5. The molecule has 0 unspecified atom stereocenters. The molecule has 3 heteroatoms. The maximum atomic E-state index is 5.65. The standard InChI is InChI=1S/C10H20N2O/c1-2-5-12(4-1)6-3-7-13-10-8-11-9-10/h10-11H,1-9H2. The van der Waals surface area contributed by atoms with Gasteiger partial charge in [-0.3, -0.25) is 0 Å². The first-order valence-electron chi connectivity index (χ1n) is 5.50. The molecule has 76 valence electrons. The van der Waals surface area contributed by atoms with Crippen molar-refractivity contribution in [3.63, 3.8) is 0 Å². The van der Waals surface area contributed by atoms with Gasteiger partial charge in [-0.2, -0.15) is 0 Å². The molecule has 2 heterocycles. The van der Waals surface area contributed by atoms with E-state index in [4.69, 9.17) is 4.74 Å². The summed E-state index contributed by atoms with van der Waals surface area (Å²) >= 11 is 0. The van der Waals surface area contributed by atoms with Crippen LogP contribution in [0.1, 0.15) is 19.3 Å². The van der Waals surface area contributed by atoms with E-state index >= 15 is 0 Å². The largest absolute Gasteiger partial charge is 0.376 e. The maximum absolute atomic E-state index is 5.65. The summed E-state index contributed by atoms with van der Waals surface area (Å²) < 4.78 is 5.65. The number of likely N-dealkylation sites (tertiary alicyclic amines) is 1. The zero-order valence-corrected chi connectivity index (χ0v) is 8.30. The van der Waals surface area contributed by atoms with E-state index in [2.05, 4.69) is 10.2 Å². The molecular formula is C10H20N2O. The van der Waals surface area contributed by atoms with Crippen molar-refractivity contribution < 1.29 is 4.74 Å². The lowest BCUT2D eigenvalue weighted by atomic mass is 10.2. The van der Waals surface area contributed by atoms with Crippen molar-refractivity contribution in [2.75, 3.05) is 39.3 Å². The zero-order valence-electron chi connectivity index (χ0n) is 8.30. The van der Waals surface area contributed by atoms with Gasteiger partial charge >= 0.3 is 0 Å². The minimum atomic E-state index is 0.513. The van der Waals surface area contributed by atoms with Crippen molar-refractivity contribution in [2.45, 2.75) is 25.4 Å². The normalized spacial score (nSPS) is 24.9. The first kappa shape index (κ1) is 9.44. The molecule has 2 aliphatic heterocycles. The van der Waals surface area contributed by atoms with Gasteiger partial charge in [0.25, 0.3) is 0 Å². The van der Waals surface area contributed by atoms with Crippen LogP contribution in [0.25, 0.3) is 0 Å². The molecule has 0 aromatic heterocycles. The molecule has 0 saturated carbocycles. The SMILES string of the molecule is C1CCN(CCCOC2CNC2)C1. The Morgan fingerprint density at radius 3 is 2.62 bits per heavy atom. The van der Waals surface area contributed by atoms with E-state index in [1.54, 1.807) is 0 Å². The zero-order chi connectivity index (χ0) is 8.93. The molecule has 1 N–H and O–H groups in total. The van der Waals surface area contributed by atoms with Gasteiger partial charge in [0.1, 0.15) is 0 Å². The van der Waals surface area contributed by atoms with Crippen LogP contribution in [0, 0.1) is 0 Å². The van der Waals surface area contributed by atoms with Crippen LogP contribution in [0.3, 0.4) is 0 Å². The number of nitrogens with one attached hydrogen (secondary N) is 1. The third kappa shape index (κ3) is 2.93. The number of nitrogens with zero attached hydrogens (tertiary/aromatic N) is 1. The fourth-order valence-electron chi connectivity index (χ4n) is 1.92. The van der Waals surface area contributed by atoms with Crippen molar-refractivity contribution in [2.24, 2.45) is 0 Å². The van der Waals surface area contributed by atoms with Crippen molar-refractivity contribution in [1.29, 1.82) is 0 Å². The summed E-state index contributed by atoms with van der Waals surface area (Å²) in [5, 5.41) is 3.21. The average Bonchev–Trinajstić information content (AvgIpc) is 2.53. The fraction of sp³-hybridized carbons (Fsp3) is 1.00. The molecule has 2 rings (SSSR count). The topological polar surface area (TPSA) is 24.5 Å². The Bertz CT molecular complexity index is 142. The van der Waals surface area contributed by atoms with E-state index in [-0.39, 0.29) is 0 Å². The molecule has 0 spiro atoms. The molecule has 13 heavy (non-hydrogen) atoms. The van der Waals surface area contributed by atoms with Crippen LogP contribution >= 0.6 is 0 Å². The van der Waals surface area contributed by atoms with Crippen LogP contribution in [0.5, 0.6) is 0 Å². The van der Waals surface area contributed by atoms with Crippen LogP contribution in [0.4, 0.5) is 0 Å². The van der Waals surface area contributed by atoms with Crippen molar-refractivity contribution in [3.05, 3.63) is 0 Å². The number of hydrogen-bond acceptors (Lipinski definition) is 3. The van der Waals surface area contributed by atoms with Crippen LogP contribution in [0.2, 0.25) is 0 Å². The molecule has 0 aliphatic carbocycles. The van der Waals surface area contributed by atoms with Gasteiger partial charge in [-0.05, 0) is 32.4 Å². The maximum Gasteiger partial charge on any atom is 0.0823 e. The van der Waals surface area contributed by atoms with Gasteiger partial charge in [-0.15, -0.1) is 0 Å². The molecule has 0 aromatic rings. The molecule has 2 saturated heterocycles. The Kier molecular flexibility index (Phi) is 3.58. The first-order chi connectivity index (χ1) is 6.45. The second-order valence-electron chi connectivity index (χ2n) is 4.05. The quantitative estimate of drug-likeness (QED) is 0.628. The molecular weight excluding hydrogens is 164 g/mol. The lowest BCUT2D eigenvalue weighted by Crippen LogP contribution is -2.48. The van der Waals surface area contributed by atoms with Crippen molar-refractivity contribution in [1.82, 2.24) is 10.2 Å². The Morgan fingerprint density at radius 1 is 1.23 bits per heavy atom. The summed E-state index contributed by atoms with van der Waals surface area (Å²) in [6.07, 6.45) is 4.51. The summed E-state index contributed by atoms with van der Waals surface area (Å²) in [5.41, 5.74) is 0. The monoisotopic (exact) mass is 184 g/mol. The molecule has 2 aliphatic rings. The predicted octanol–water partition coefficient (Wildman–Crippen LogP) is 0.461. The molecule has 0 bridgehead atoms. The van der Waals surface area contributed by atoms with E-state index in [0.717, 1.165) is 19.7 Å². The highest BCUT2D eigenvalue weighted by molar-refractivity contribution is 4.74. The van der Waals surface area contributed by atoms with Crippen LogP contribution in [-0.2, 0) is 4.74 Å². The fourth-order valence-corrected chi connectivity index (χ4v) is 1.92. The summed E-state index contributed by atoms with van der Waals surface area (Å²) in [6, 6.07) is 0. The minimum absolute atomic E-state index is 0.513. The van der Waals surface area contributed by atoms with Crippen molar-refractivity contribution >= 4 is 0 Å². The van der Waals surface area contributed by atoms with E-state index in [9.17, 15) is 0 Å². The van der Waals surface area contributed by atoms with E-state index in [1.165, 1.54) is 38.9 Å². The Balaban J connectivity index is 1.43. The molecule has 3 nitrogen and oxygen atoms in total. The lowest BCUT2D eigenvalue weighted by Gasteiger charge is -2.27. The second-order valence-corrected chi connectivity index (χ2v) is 4.05. The Labute approximate surface area is 80.4 Å². The van der Waals surface area contributed by atoms with Crippen LogP contribution in [0.15, 0.2) is 0 Å². The van der Waals surface area contributed by atoms with E-state index < -0.39 is 0 Å².